The molecule has 0 bridgehead atoms. The molecule has 0 fully saturated rings. The van der Waals surface area contributed by atoms with Crippen molar-refractivity contribution in [3.05, 3.63) is 87.3 Å². The van der Waals surface area contributed by atoms with Gasteiger partial charge in [0, 0.05) is 28.6 Å². The average molecular weight is 560 g/mol. The molecule has 0 spiro atoms. The lowest BCUT2D eigenvalue weighted by molar-refractivity contribution is -0.137. The maximum Gasteiger partial charge on any atom is 0.416 e. The van der Waals surface area contributed by atoms with Gasteiger partial charge < -0.3 is 10.2 Å². The van der Waals surface area contributed by atoms with Crippen LogP contribution in [0.2, 0.25) is 5.02 Å². The molecule has 0 aliphatic rings. The number of hydrogen-bond acceptors (Lipinski definition) is 5. The van der Waals surface area contributed by atoms with E-state index in [1.54, 1.807) is 30.3 Å². The molecule has 3 rings (SSSR count). The monoisotopic (exact) mass is 559 g/mol. The molecule has 1 amide bonds. The predicted octanol–water partition coefficient (Wildman–Crippen LogP) is 5.15. The number of alkyl halides is 3. The summed E-state index contributed by atoms with van der Waals surface area (Å²) in [7, 11) is -1.88. The zero-order valence-corrected chi connectivity index (χ0v) is 21.7. The molecule has 2 aromatic carbocycles. The van der Waals surface area contributed by atoms with Crippen molar-refractivity contribution in [2.45, 2.75) is 29.9 Å². The first kappa shape index (κ1) is 28.1. The minimum atomic E-state index is -4.36. The van der Waals surface area contributed by atoms with Gasteiger partial charge in [-0.15, -0.1) is 11.3 Å². The van der Waals surface area contributed by atoms with Crippen LogP contribution in [0.1, 0.15) is 32.8 Å². The molecular formula is C24H25ClF3N3O3S2. The zero-order chi connectivity index (χ0) is 26.3. The van der Waals surface area contributed by atoms with Gasteiger partial charge in [-0.3, -0.25) is 4.79 Å². The van der Waals surface area contributed by atoms with Crippen LogP contribution < -0.4 is 10.0 Å². The summed E-state index contributed by atoms with van der Waals surface area (Å²) in [6.45, 7) is 1.40. The number of sulfonamides is 1. The molecule has 2 N–H and O–H groups in total. The molecule has 0 aliphatic heterocycles. The van der Waals surface area contributed by atoms with E-state index in [4.69, 9.17) is 11.6 Å². The summed E-state index contributed by atoms with van der Waals surface area (Å²) in [6.07, 6.45) is -3.85. The Morgan fingerprint density at radius 2 is 1.69 bits per heavy atom. The first-order valence-corrected chi connectivity index (χ1v) is 13.6. The molecule has 1 aromatic heterocycles. The van der Waals surface area contributed by atoms with Crippen LogP contribution in [0.3, 0.4) is 0 Å². The SMILES string of the molecule is CN(CCCNS(=O)(=O)c1ccc(CNC(=O)c2ccc(Cl)cc2)s1)Cc1ccc(C(F)(F)F)cc1. The molecule has 3 aromatic rings. The zero-order valence-electron chi connectivity index (χ0n) is 19.3. The molecule has 0 radical (unpaired) electrons. The van der Waals surface area contributed by atoms with Crippen LogP contribution in [0.5, 0.6) is 0 Å². The fraction of sp³-hybridized carbons (Fsp3) is 0.292. The van der Waals surface area contributed by atoms with E-state index in [2.05, 4.69) is 10.0 Å². The van der Waals surface area contributed by atoms with Gasteiger partial charge in [-0.2, -0.15) is 13.2 Å². The second-order valence-electron chi connectivity index (χ2n) is 8.09. The van der Waals surface area contributed by atoms with Gasteiger partial charge in [-0.05, 0) is 74.1 Å². The number of rotatable bonds is 11. The highest BCUT2D eigenvalue weighted by atomic mass is 35.5. The summed E-state index contributed by atoms with van der Waals surface area (Å²) >= 11 is 6.89. The third-order valence-electron chi connectivity index (χ3n) is 5.17. The molecule has 194 valence electrons. The number of halogens is 4. The molecule has 1 heterocycles. The van der Waals surface area contributed by atoms with Crippen LogP contribution in [0, 0.1) is 0 Å². The van der Waals surface area contributed by atoms with Crippen molar-refractivity contribution in [2.75, 3.05) is 20.1 Å². The Morgan fingerprint density at radius 3 is 2.33 bits per heavy atom. The maximum atomic E-state index is 12.7. The summed E-state index contributed by atoms with van der Waals surface area (Å²) in [4.78, 5) is 14.8. The normalized spacial score (nSPS) is 12.2. The molecular weight excluding hydrogens is 535 g/mol. The van der Waals surface area contributed by atoms with Crippen molar-refractivity contribution in [2.24, 2.45) is 0 Å². The quantitative estimate of drug-likeness (QED) is 0.319. The summed E-state index contributed by atoms with van der Waals surface area (Å²) < 4.78 is 65.9. The number of carbonyl (C=O) groups is 1. The molecule has 36 heavy (non-hydrogen) atoms. The fourth-order valence-corrected chi connectivity index (χ4v) is 5.83. The van der Waals surface area contributed by atoms with Gasteiger partial charge in [-0.1, -0.05) is 23.7 Å². The number of hydrogen-bond donors (Lipinski definition) is 2. The van der Waals surface area contributed by atoms with Gasteiger partial charge in [0.05, 0.1) is 12.1 Å². The van der Waals surface area contributed by atoms with Crippen molar-refractivity contribution in [3.63, 3.8) is 0 Å². The Bertz CT molecular complexity index is 1260. The Balaban J connectivity index is 1.41. The molecule has 0 saturated carbocycles. The van der Waals surface area contributed by atoms with Crippen molar-refractivity contribution in [1.82, 2.24) is 14.9 Å². The van der Waals surface area contributed by atoms with Crippen LogP contribution >= 0.6 is 22.9 Å². The number of benzene rings is 2. The summed E-state index contributed by atoms with van der Waals surface area (Å²) in [6, 6.07) is 14.6. The molecule has 12 heteroatoms. The Morgan fingerprint density at radius 1 is 1.03 bits per heavy atom. The topological polar surface area (TPSA) is 78.5 Å². The summed E-state index contributed by atoms with van der Waals surface area (Å²) in [5.74, 6) is -0.289. The number of nitrogens with zero attached hydrogens (tertiary/aromatic N) is 1. The largest absolute Gasteiger partial charge is 0.416 e. The molecule has 0 atom stereocenters. The van der Waals surface area contributed by atoms with Gasteiger partial charge in [-0.25, -0.2) is 13.1 Å². The number of thiophene rings is 1. The minimum absolute atomic E-state index is 0.149. The van der Waals surface area contributed by atoms with E-state index in [1.165, 1.54) is 18.2 Å². The van der Waals surface area contributed by atoms with Crippen LogP contribution in [-0.2, 0) is 29.3 Å². The number of carbonyl (C=O) groups excluding carboxylic acids is 1. The van der Waals surface area contributed by atoms with Crippen LogP contribution in [0.4, 0.5) is 13.2 Å². The average Bonchev–Trinajstić information content (AvgIpc) is 3.31. The molecule has 0 aliphatic carbocycles. The van der Waals surface area contributed by atoms with Gasteiger partial charge in [0.15, 0.2) is 0 Å². The van der Waals surface area contributed by atoms with Crippen molar-refractivity contribution in [3.8, 4) is 0 Å². The van der Waals surface area contributed by atoms with Crippen molar-refractivity contribution < 1.29 is 26.4 Å². The van der Waals surface area contributed by atoms with Crippen molar-refractivity contribution >= 4 is 38.9 Å². The fourth-order valence-electron chi connectivity index (χ4n) is 3.28. The lowest BCUT2D eigenvalue weighted by Crippen LogP contribution is -2.27. The van der Waals surface area contributed by atoms with Crippen LogP contribution in [0.25, 0.3) is 0 Å². The molecule has 6 nitrogen and oxygen atoms in total. The number of nitrogens with one attached hydrogen (secondary N) is 2. The van der Waals surface area contributed by atoms with E-state index in [0.717, 1.165) is 29.0 Å². The van der Waals surface area contributed by atoms with Gasteiger partial charge in [0.2, 0.25) is 10.0 Å². The van der Waals surface area contributed by atoms with E-state index in [-0.39, 0.29) is 23.2 Å². The standard InChI is InChI=1S/C24H25ClF3N3O3S2/c1-31(16-17-3-7-19(8-4-17)24(26,27)28)14-2-13-30-36(33,34)22-12-11-21(35-22)15-29-23(32)18-5-9-20(25)10-6-18/h3-12,30H,2,13-16H2,1H3,(H,29,32). The highest BCUT2D eigenvalue weighted by Crippen LogP contribution is 2.29. The van der Waals surface area contributed by atoms with E-state index in [9.17, 15) is 26.4 Å². The van der Waals surface area contributed by atoms with Crippen molar-refractivity contribution in [1.29, 1.82) is 0 Å². The summed E-state index contributed by atoms with van der Waals surface area (Å²) in [5, 5.41) is 3.27. The van der Waals surface area contributed by atoms with Gasteiger partial charge >= 0.3 is 6.18 Å². The van der Waals surface area contributed by atoms with E-state index in [0.29, 0.717) is 35.0 Å². The van der Waals surface area contributed by atoms with Crippen LogP contribution in [0.15, 0.2) is 64.9 Å². The van der Waals surface area contributed by atoms with E-state index < -0.39 is 21.8 Å². The lowest BCUT2D eigenvalue weighted by atomic mass is 10.1. The Kier molecular flexibility index (Phi) is 9.53. The highest BCUT2D eigenvalue weighted by molar-refractivity contribution is 7.91. The molecule has 0 unspecified atom stereocenters. The Labute approximate surface area is 217 Å². The lowest BCUT2D eigenvalue weighted by Gasteiger charge is -2.17. The van der Waals surface area contributed by atoms with Crippen LogP contribution in [-0.4, -0.2) is 39.4 Å². The van der Waals surface area contributed by atoms with Gasteiger partial charge in [0.25, 0.3) is 5.91 Å². The minimum Gasteiger partial charge on any atom is -0.347 e. The maximum absolute atomic E-state index is 12.7. The third-order valence-corrected chi connectivity index (χ3v) is 8.46. The smallest absolute Gasteiger partial charge is 0.347 e. The predicted molar refractivity (Wildman–Crippen MR) is 135 cm³/mol. The first-order valence-electron chi connectivity index (χ1n) is 10.9. The number of amides is 1. The Hall–Kier alpha value is -2.44. The third kappa shape index (κ3) is 8.31. The summed E-state index contributed by atoms with van der Waals surface area (Å²) in [5.41, 5.74) is 0.498. The first-order chi connectivity index (χ1) is 16.9. The second-order valence-corrected chi connectivity index (χ2v) is 11.7. The van der Waals surface area contributed by atoms with E-state index >= 15 is 0 Å². The highest BCUT2D eigenvalue weighted by Gasteiger charge is 2.29. The van der Waals surface area contributed by atoms with Gasteiger partial charge in [0.1, 0.15) is 4.21 Å². The second kappa shape index (κ2) is 12.2. The molecule has 0 saturated heterocycles. The van der Waals surface area contributed by atoms with E-state index in [1.807, 2.05) is 11.9 Å².